The number of aromatic nitrogens is 1. The molecule has 0 saturated heterocycles. The lowest BCUT2D eigenvalue weighted by atomic mass is 10.1. The van der Waals surface area contributed by atoms with Crippen molar-refractivity contribution in [2.24, 2.45) is 0 Å². The van der Waals surface area contributed by atoms with Gasteiger partial charge in [0.2, 0.25) is 0 Å². The number of hydrogen-bond acceptors (Lipinski definition) is 4. The first-order valence-corrected chi connectivity index (χ1v) is 6.96. The van der Waals surface area contributed by atoms with Gasteiger partial charge in [-0.05, 0) is 43.0 Å². The van der Waals surface area contributed by atoms with Crippen LogP contribution in [0.3, 0.4) is 0 Å². The maximum Gasteiger partial charge on any atom is 0.261 e. The summed E-state index contributed by atoms with van der Waals surface area (Å²) in [6, 6.07) is 12.1. The third-order valence-electron chi connectivity index (χ3n) is 2.90. The molecule has 0 spiro atoms. The Morgan fingerprint density at radius 3 is 2.75 bits per heavy atom. The van der Waals surface area contributed by atoms with Crippen molar-refractivity contribution in [2.75, 3.05) is 0 Å². The molecule has 0 radical (unpaired) electrons. The smallest absolute Gasteiger partial charge is 0.261 e. The van der Waals surface area contributed by atoms with Gasteiger partial charge in [0.05, 0.1) is 6.10 Å². The molecule has 0 bridgehead atoms. The summed E-state index contributed by atoms with van der Waals surface area (Å²) in [7, 11) is 0. The predicted molar refractivity (Wildman–Crippen MR) is 75.2 cm³/mol. The summed E-state index contributed by atoms with van der Waals surface area (Å²) in [6.07, 6.45) is -0.886. The molecule has 1 N–H and O–H groups in total. The van der Waals surface area contributed by atoms with Crippen molar-refractivity contribution < 1.29 is 13.9 Å². The molecule has 1 unspecified atom stereocenters. The van der Waals surface area contributed by atoms with E-state index >= 15 is 0 Å². The topological polar surface area (TPSA) is 46.3 Å². The summed E-state index contributed by atoms with van der Waals surface area (Å²) in [4.78, 5) is 4.93. The Labute approximate surface area is 119 Å². The van der Waals surface area contributed by atoms with Gasteiger partial charge in [0.15, 0.2) is 5.58 Å². The Morgan fingerprint density at radius 1 is 1.20 bits per heavy atom. The van der Waals surface area contributed by atoms with Gasteiger partial charge in [0.1, 0.15) is 11.3 Å². The van der Waals surface area contributed by atoms with Crippen molar-refractivity contribution >= 4 is 22.9 Å². The third kappa shape index (κ3) is 2.42. The summed E-state index contributed by atoms with van der Waals surface area (Å²) >= 11 is 1.20. The molecule has 1 aromatic heterocycles. The van der Waals surface area contributed by atoms with Gasteiger partial charge in [-0.3, -0.25) is 0 Å². The molecule has 2 aromatic carbocycles. The van der Waals surface area contributed by atoms with Crippen LogP contribution in [0, 0.1) is 5.82 Å². The van der Waals surface area contributed by atoms with Gasteiger partial charge in [0.25, 0.3) is 5.22 Å². The second-order valence-corrected chi connectivity index (χ2v) is 5.37. The van der Waals surface area contributed by atoms with Crippen LogP contribution in [-0.4, -0.2) is 10.1 Å². The summed E-state index contributed by atoms with van der Waals surface area (Å²) in [5.74, 6) is -0.430. The lowest BCUT2D eigenvalue weighted by Gasteiger charge is -2.10. The standard InChI is InChI=1S/C15H12FNO2S/c1-9(18)14-10(16)5-4-8-13(14)20-15-17-11-6-2-3-7-12(11)19-15/h2-9,18H,1H3. The lowest BCUT2D eigenvalue weighted by molar-refractivity contribution is 0.191. The summed E-state index contributed by atoms with van der Waals surface area (Å²) in [5, 5.41) is 10.1. The number of rotatable bonds is 3. The van der Waals surface area contributed by atoms with Gasteiger partial charge in [-0.1, -0.05) is 18.2 Å². The summed E-state index contributed by atoms with van der Waals surface area (Å²) in [5.41, 5.74) is 1.70. The number of aliphatic hydroxyl groups excluding tert-OH is 1. The fraction of sp³-hybridized carbons (Fsp3) is 0.133. The van der Waals surface area contributed by atoms with Crippen molar-refractivity contribution in [1.82, 2.24) is 4.98 Å². The number of aliphatic hydroxyl groups is 1. The largest absolute Gasteiger partial charge is 0.431 e. The van der Waals surface area contributed by atoms with Crippen LogP contribution in [0.2, 0.25) is 0 Å². The lowest BCUT2D eigenvalue weighted by Crippen LogP contribution is -1.98. The normalized spacial score (nSPS) is 12.8. The Bertz CT molecular complexity index is 721. The van der Waals surface area contributed by atoms with Crippen LogP contribution < -0.4 is 0 Å². The van der Waals surface area contributed by atoms with Gasteiger partial charge in [0, 0.05) is 10.5 Å². The Morgan fingerprint density at radius 2 is 2.00 bits per heavy atom. The SMILES string of the molecule is CC(O)c1c(F)cccc1Sc1nc2ccccc2o1. The van der Waals surface area contributed by atoms with Crippen molar-refractivity contribution in [3.05, 3.63) is 53.8 Å². The van der Waals surface area contributed by atoms with Crippen molar-refractivity contribution in [2.45, 2.75) is 23.1 Å². The van der Waals surface area contributed by atoms with E-state index < -0.39 is 11.9 Å². The molecular weight excluding hydrogens is 277 g/mol. The number of benzene rings is 2. The number of para-hydroxylation sites is 2. The van der Waals surface area contributed by atoms with Gasteiger partial charge in [-0.25, -0.2) is 9.37 Å². The Hall–Kier alpha value is -1.85. The average molecular weight is 289 g/mol. The number of hydrogen-bond donors (Lipinski definition) is 1. The fourth-order valence-electron chi connectivity index (χ4n) is 2.00. The minimum Gasteiger partial charge on any atom is -0.431 e. The first-order chi connectivity index (χ1) is 9.65. The molecule has 1 heterocycles. The molecule has 0 aliphatic heterocycles. The van der Waals surface area contributed by atoms with E-state index in [1.54, 1.807) is 12.1 Å². The molecule has 0 amide bonds. The number of oxazole rings is 1. The van der Waals surface area contributed by atoms with E-state index in [9.17, 15) is 9.50 Å². The minimum atomic E-state index is -0.886. The third-order valence-corrected chi connectivity index (χ3v) is 3.83. The monoisotopic (exact) mass is 289 g/mol. The molecule has 3 aromatic rings. The molecule has 1 atom stereocenters. The zero-order valence-corrected chi connectivity index (χ0v) is 11.5. The highest BCUT2D eigenvalue weighted by molar-refractivity contribution is 7.99. The van der Waals surface area contributed by atoms with E-state index in [0.29, 0.717) is 15.7 Å². The fourth-order valence-corrected chi connectivity index (χ4v) is 2.99. The van der Waals surface area contributed by atoms with Crippen LogP contribution in [0.25, 0.3) is 11.1 Å². The molecular formula is C15H12FNO2S. The van der Waals surface area contributed by atoms with Crippen LogP contribution in [0.4, 0.5) is 4.39 Å². The van der Waals surface area contributed by atoms with Crippen LogP contribution in [-0.2, 0) is 0 Å². The van der Waals surface area contributed by atoms with E-state index in [1.165, 1.54) is 24.8 Å². The van der Waals surface area contributed by atoms with Crippen molar-refractivity contribution in [1.29, 1.82) is 0 Å². The van der Waals surface area contributed by atoms with Gasteiger partial charge >= 0.3 is 0 Å². The minimum absolute atomic E-state index is 0.264. The molecule has 0 saturated carbocycles. The highest BCUT2D eigenvalue weighted by atomic mass is 32.2. The first-order valence-electron chi connectivity index (χ1n) is 6.15. The number of fused-ring (bicyclic) bond motifs is 1. The van der Waals surface area contributed by atoms with Gasteiger partial charge < -0.3 is 9.52 Å². The molecule has 0 fully saturated rings. The average Bonchev–Trinajstić information content (AvgIpc) is 2.80. The van der Waals surface area contributed by atoms with Crippen LogP contribution in [0.15, 0.2) is 57.0 Å². The number of nitrogens with zero attached hydrogens (tertiary/aromatic N) is 1. The molecule has 0 aliphatic carbocycles. The first kappa shape index (κ1) is 13.1. The molecule has 3 rings (SSSR count). The van der Waals surface area contributed by atoms with E-state index in [4.69, 9.17) is 4.42 Å². The summed E-state index contributed by atoms with van der Waals surface area (Å²) in [6.45, 7) is 1.54. The molecule has 102 valence electrons. The van der Waals surface area contributed by atoms with Crippen LogP contribution in [0.5, 0.6) is 0 Å². The molecule has 0 aliphatic rings. The highest BCUT2D eigenvalue weighted by Gasteiger charge is 2.16. The second kappa shape index (κ2) is 5.26. The van der Waals surface area contributed by atoms with Gasteiger partial charge in [-0.15, -0.1) is 0 Å². The molecule has 20 heavy (non-hydrogen) atoms. The van der Waals surface area contributed by atoms with Crippen molar-refractivity contribution in [3.8, 4) is 0 Å². The second-order valence-electron chi connectivity index (χ2n) is 4.38. The quantitative estimate of drug-likeness (QED) is 0.786. The number of halogens is 1. The maximum atomic E-state index is 13.8. The summed E-state index contributed by atoms with van der Waals surface area (Å²) < 4.78 is 19.4. The van der Waals surface area contributed by atoms with E-state index in [2.05, 4.69) is 4.98 Å². The van der Waals surface area contributed by atoms with Crippen molar-refractivity contribution in [3.63, 3.8) is 0 Å². The molecule has 3 nitrogen and oxygen atoms in total. The zero-order valence-electron chi connectivity index (χ0n) is 10.7. The highest BCUT2D eigenvalue weighted by Crippen LogP contribution is 2.35. The van der Waals surface area contributed by atoms with E-state index in [1.807, 2.05) is 24.3 Å². The maximum absolute atomic E-state index is 13.8. The van der Waals surface area contributed by atoms with E-state index in [-0.39, 0.29) is 5.56 Å². The zero-order chi connectivity index (χ0) is 14.1. The predicted octanol–water partition coefficient (Wildman–Crippen LogP) is 4.17. The Balaban J connectivity index is 2.00. The van der Waals surface area contributed by atoms with Crippen LogP contribution in [0.1, 0.15) is 18.6 Å². The van der Waals surface area contributed by atoms with E-state index in [0.717, 1.165) is 5.52 Å². The molecule has 5 heteroatoms. The van der Waals surface area contributed by atoms with Crippen LogP contribution >= 0.6 is 11.8 Å². The Kier molecular flexibility index (Phi) is 3.46. The van der Waals surface area contributed by atoms with Gasteiger partial charge in [-0.2, -0.15) is 0 Å².